The van der Waals surface area contributed by atoms with Crippen molar-refractivity contribution in [3.63, 3.8) is 0 Å². The Morgan fingerprint density at radius 1 is 1.47 bits per heavy atom. The largest absolute Gasteiger partial charge is 0.468 e. The third-order valence-electron chi connectivity index (χ3n) is 2.82. The molecule has 0 aromatic heterocycles. The molecule has 1 aliphatic heterocycles. The highest BCUT2D eigenvalue weighted by molar-refractivity contribution is 5.75. The minimum absolute atomic E-state index is 0.0284. The molecule has 1 saturated heterocycles. The van der Waals surface area contributed by atoms with Crippen LogP contribution in [-0.4, -0.2) is 37.1 Å². The Bertz CT molecular complexity index is 244. The van der Waals surface area contributed by atoms with Crippen molar-refractivity contribution >= 4 is 5.97 Å². The molecule has 0 aliphatic carbocycles. The van der Waals surface area contributed by atoms with Gasteiger partial charge in [0.2, 0.25) is 0 Å². The van der Waals surface area contributed by atoms with Crippen LogP contribution in [0.5, 0.6) is 0 Å². The zero-order valence-electron chi connectivity index (χ0n) is 9.95. The number of methoxy groups -OCH3 is 1. The lowest BCUT2D eigenvalue weighted by atomic mass is 10.0. The van der Waals surface area contributed by atoms with Gasteiger partial charge in [-0.15, -0.1) is 0 Å². The molecule has 1 fully saturated rings. The molecule has 0 radical (unpaired) electrons. The van der Waals surface area contributed by atoms with Crippen LogP contribution >= 0.6 is 0 Å². The van der Waals surface area contributed by atoms with Crippen molar-refractivity contribution in [3.8, 4) is 0 Å². The van der Waals surface area contributed by atoms with Crippen molar-refractivity contribution in [1.82, 2.24) is 4.90 Å². The van der Waals surface area contributed by atoms with E-state index < -0.39 is 0 Å². The second-order valence-corrected chi connectivity index (χ2v) is 4.31. The summed E-state index contributed by atoms with van der Waals surface area (Å²) in [4.78, 5) is 13.7. The molecule has 3 nitrogen and oxygen atoms in total. The number of esters is 1. The SMILES string of the molecule is COC(=O)[C@H]1CCCCN1CC=C(C)C. The third-order valence-corrected chi connectivity index (χ3v) is 2.82. The number of allylic oxidation sites excluding steroid dienone is 1. The molecule has 0 N–H and O–H groups in total. The Balaban J connectivity index is 2.57. The molecule has 15 heavy (non-hydrogen) atoms. The summed E-state index contributed by atoms with van der Waals surface area (Å²) >= 11 is 0. The third kappa shape index (κ3) is 3.67. The lowest BCUT2D eigenvalue weighted by molar-refractivity contribution is -0.148. The number of nitrogens with zero attached hydrogens (tertiary/aromatic N) is 1. The van der Waals surface area contributed by atoms with Crippen molar-refractivity contribution < 1.29 is 9.53 Å². The lowest BCUT2D eigenvalue weighted by Gasteiger charge is -2.32. The highest BCUT2D eigenvalue weighted by atomic mass is 16.5. The number of hydrogen-bond donors (Lipinski definition) is 0. The van der Waals surface area contributed by atoms with Gasteiger partial charge in [0.25, 0.3) is 0 Å². The normalized spacial score (nSPS) is 22.2. The van der Waals surface area contributed by atoms with Gasteiger partial charge in [0.15, 0.2) is 0 Å². The fourth-order valence-electron chi connectivity index (χ4n) is 1.91. The first-order chi connectivity index (χ1) is 7.15. The molecule has 1 atom stereocenters. The van der Waals surface area contributed by atoms with Gasteiger partial charge in [-0.2, -0.15) is 0 Å². The van der Waals surface area contributed by atoms with Crippen molar-refractivity contribution in [2.24, 2.45) is 0 Å². The maximum Gasteiger partial charge on any atom is 0.323 e. The molecule has 0 spiro atoms. The summed E-state index contributed by atoms with van der Waals surface area (Å²) in [5.74, 6) is -0.0862. The van der Waals surface area contributed by atoms with Gasteiger partial charge in [-0.1, -0.05) is 18.1 Å². The van der Waals surface area contributed by atoms with E-state index in [4.69, 9.17) is 4.74 Å². The van der Waals surface area contributed by atoms with E-state index in [2.05, 4.69) is 24.8 Å². The summed E-state index contributed by atoms with van der Waals surface area (Å²) in [5.41, 5.74) is 1.30. The highest BCUT2D eigenvalue weighted by Crippen LogP contribution is 2.18. The van der Waals surface area contributed by atoms with Crippen LogP contribution in [0.4, 0.5) is 0 Å². The van der Waals surface area contributed by atoms with Crippen molar-refractivity contribution in [2.75, 3.05) is 20.2 Å². The smallest absolute Gasteiger partial charge is 0.323 e. The first-order valence-corrected chi connectivity index (χ1v) is 5.60. The molecule has 1 aliphatic rings. The van der Waals surface area contributed by atoms with Crippen molar-refractivity contribution in [1.29, 1.82) is 0 Å². The predicted molar refractivity (Wildman–Crippen MR) is 60.7 cm³/mol. The standard InChI is InChI=1S/C12H21NO2/c1-10(2)7-9-13-8-5-4-6-11(13)12(14)15-3/h7,11H,4-6,8-9H2,1-3H3/t11-/m1/s1. The summed E-state index contributed by atoms with van der Waals surface area (Å²) in [5, 5.41) is 0. The van der Waals surface area contributed by atoms with Gasteiger partial charge in [-0.05, 0) is 33.2 Å². The van der Waals surface area contributed by atoms with Crippen molar-refractivity contribution in [2.45, 2.75) is 39.2 Å². The van der Waals surface area contributed by atoms with Crippen LogP contribution in [-0.2, 0) is 9.53 Å². The van der Waals surface area contributed by atoms with Gasteiger partial charge >= 0.3 is 5.97 Å². The van der Waals surface area contributed by atoms with E-state index in [1.54, 1.807) is 0 Å². The average molecular weight is 211 g/mol. The number of ether oxygens (including phenoxy) is 1. The van der Waals surface area contributed by atoms with E-state index in [1.165, 1.54) is 19.1 Å². The van der Waals surface area contributed by atoms with Crippen LogP contribution in [0.15, 0.2) is 11.6 Å². The fourth-order valence-corrected chi connectivity index (χ4v) is 1.91. The molecule has 1 rings (SSSR count). The molecular weight excluding hydrogens is 190 g/mol. The fraction of sp³-hybridized carbons (Fsp3) is 0.750. The molecule has 0 unspecified atom stereocenters. The van der Waals surface area contributed by atoms with Crippen LogP contribution in [0.25, 0.3) is 0 Å². The monoisotopic (exact) mass is 211 g/mol. The van der Waals surface area contributed by atoms with E-state index in [1.807, 2.05) is 0 Å². The summed E-state index contributed by atoms with van der Waals surface area (Å²) in [6.07, 6.45) is 5.42. The van der Waals surface area contributed by atoms with E-state index in [0.29, 0.717) is 0 Å². The van der Waals surface area contributed by atoms with Gasteiger partial charge < -0.3 is 4.74 Å². The van der Waals surface area contributed by atoms with Gasteiger partial charge in [0.05, 0.1) is 7.11 Å². The molecular formula is C12H21NO2. The Morgan fingerprint density at radius 2 is 2.20 bits per heavy atom. The second-order valence-electron chi connectivity index (χ2n) is 4.31. The van der Waals surface area contributed by atoms with Gasteiger partial charge in [0.1, 0.15) is 6.04 Å². The molecule has 0 bridgehead atoms. The zero-order valence-corrected chi connectivity index (χ0v) is 9.95. The van der Waals surface area contributed by atoms with E-state index in [9.17, 15) is 4.79 Å². The van der Waals surface area contributed by atoms with Gasteiger partial charge in [-0.25, -0.2) is 0 Å². The Hall–Kier alpha value is -0.830. The van der Waals surface area contributed by atoms with E-state index >= 15 is 0 Å². The Kier molecular flexibility index (Phi) is 4.82. The van der Waals surface area contributed by atoms with Crippen molar-refractivity contribution in [3.05, 3.63) is 11.6 Å². The first-order valence-electron chi connectivity index (χ1n) is 5.60. The summed E-state index contributed by atoms with van der Waals surface area (Å²) in [6.45, 7) is 6.03. The van der Waals surface area contributed by atoms with Crippen LogP contribution in [0.2, 0.25) is 0 Å². The zero-order chi connectivity index (χ0) is 11.3. The maximum atomic E-state index is 11.5. The van der Waals surface area contributed by atoms with E-state index in [0.717, 1.165) is 25.9 Å². The molecule has 3 heteroatoms. The second kappa shape index (κ2) is 5.91. The van der Waals surface area contributed by atoms with Gasteiger partial charge in [-0.3, -0.25) is 9.69 Å². The molecule has 0 saturated carbocycles. The quantitative estimate of drug-likeness (QED) is 0.528. The molecule has 1 heterocycles. The lowest BCUT2D eigenvalue weighted by Crippen LogP contribution is -2.45. The minimum Gasteiger partial charge on any atom is -0.468 e. The maximum absolute atomic E-state index is 11.5. The number of likely N-dealkylation sites (tertiary alicyclic amines) is 1. The number of rotatable bonds is 3. The predicted octanol–water partition coefficient (Wildman–Crippen LogP) is 1.98. The summed E-state index contributed by atoms with van der Waals surface area (Å²) in [6, 6.07) is -0.0284. The van der Waals surface area contributed by atoms with Crippen LogP contribution < -0.4 is 0 Å². The van der Waals surface area contributed by atoms with Crippen LogP contribution in [0.3, 0.4) is 0 Å². The Morgan fingerprint density at radius 3 is 2.80 bits per heavy atom. The summed E-state index contributed by atoms with van der Waals surface area (Å²) < 4.78 is 4.83. The number of carbonyl (C=O) groups excluding carboxylic acids is 1. The Labute approximate surface area is 92.1 Å². The number of piperidine rings is 1. The number of hydrogen-bond acceptors (Lipinski definition) is 3. The molecule has 0 aromatic rings. The molecule has 0 amide bonds. The van der Waals surface area contributed by atoms with Crippen LogP contribution in [0, 0.1) is 0 Å². The van der Waals surface area contributed by atoms with E-state index in [-0.39, 0.29) is 12.0 Å². The molecule has 0 aromatic carbocycles. The summed E-state index contributed by atoms with van der Waals surface area (Å²) in [7, 11) is 1.47. The minimum atomic E-state index is -0.0862. The van der Waals surface area contributed by atoms with Crippen LogP contribution in [0.1, 0.15) is 33.1 Å². The van der Waals surface area contributed by atoms with Gasteiger partial charge in [0, 0.05) is 6.54 Å². The first kappa shape index (κ1) is 12.2. The number of carbonyl (C=O) groups is 1. The average Bonchev–Trinajstić information content (AvgIpc) is 2.25. The topological polar surface area (TPSA) is 29.5 Å². The highest BCUT2D eigenvalue weighted by Gasteiger charge is 2.28. The molecule has 86 valence electrons.